The molecular weight excluding hydrogens is 342 g/mol. The van der Waals surface area contributed by atoms with Gasteiger partial charge in [0.05, 0.1) is 16.8 Å². The zero-order valence-electron chi connectivity index (χ0n) is 12.5. The molecule has 0 amide bonds. The smallest absolute Gasteiger partial charge is 0.193 e. The van der Waals surface area contributed by atoms with Gasteiger partial charge in [0.2, 0.25) is 0 Å². The molecule has 3 heterocycles. The Balaban J connectivity index is 1.91. The number of hydrogen-bond donors (Lipinski definition) is 0. The van der Waals surface area contributed by atoms with Gasteiger partial charge in [0.25, 0.3) is 0 Å². The lowest BCUT2D eigenvalue weighted by atomic mass is 9.98. The first-order valence-corrected chi connectivity index (χ1v) is 11.8. The second-order valence-corrected chi connectivity index (χ2v) is 11.9. The molecule has 0 spiro atoms. The lowest BCUT2D eigenvalue weighted by molar-refractivity contribution is 0.151. The fourth-order valence-corrected chi connectivity index (χ4v) is 9.42. The normalized spacial score (nSPS) is 30.6. The fraction of sp³-hybridized carbons (Fsp3) is 0.714. The number of rotatable bonds is 3. The molecule has 1 aromatic heterocycles. The maximum atomic E-state index is 12.8. The van der Waals surface area contributed by atoms with Crippen LogP contribution in [0.5, 0.6) is 0 Å². The highest BCUT2D eigenvalue weighted by Gasteiger charge is 2.48. The minimum atomic E-state index is -3.58. The van der Waals surface area contributed by atoms with Crippen molar-refractivity contribution in [1.29, 1.82) is 0 Å². The molecule has 0 saturated carbocycles. The van der Waals surface area contributed by atoms with Crippen LogP contribution in [0.1, 0.15) is 19.8 Å². The van der Waals surface area contributed by atoms with E-state index in [0.717, 1.165) is 37.3 Å². The Bertz CT molecular complexity index is 716. The van der Waals surface area contributed by atoms with E-state index in [4.69, 9.17) is 0 Å². The number of piperidine rings is 1. The van der Waals surface area contributed by atoms with Crippen LogP contribution in [0.15, 0.2) is 21.7 Å². The summed E-state index contributed by atoms with van der Waals surface area (Å²) in [5.74, 6) is 0.349. The predicted molar refractivity (Wildman–Crippen MR) is 87.7 cm³/mol. The first kappa shape index (κ1) is 16.4. The summed E-state index contributed by atoms with van der Waals surface area (Å²) in [6, 6.07) is 2.86. The largest absolute Gasteiger partial charge is 0.298 e. The molecule has 0 aliphatic carbocycles. The van der Waals surface area contributed by atoms with Crippen LogP contribution in [0.3, 0.4) is 0 Å². The molecule has 2 aliphatic heterocycles. The molecule has 2 fully saturated rings. The summed E-state index contributed by atoms with van der Waals surface area (Å²) in [5.41, 5.74) is 0. The summed E-state index contributed by atoms with van der Waals surface area (Å²) in [6.45, 7) is 3.76. The predicted octanol–water partition coefficient (Wildman–Crippen LogP) is 1.42. The highest BCUT2D eigenvalue weighted by atomic mass is 32.2. The van der Waals surface area contributed by atoms with Gasteiger partial charge in [-0.3, -0.25) is 4.90 Å². The minimum absolute atomic E-state index is 0.0311. The second kappa shape index (κ2) is 5.89. The van der Waals surface area contributed by atoms with Crippen LogP contribution in [0.25, 0.3) is 0 Å². The Kier molecular flexibility index (Phi) is 4.39. The third-order valence-electron chi connectivity index (χ3n) is 4.73. The highest BCUT2D eigenvalue weighted by Crippen LogP contribution is 2.32. The van der Waals surface area contributed by atoms with E-state index in [0.29, 0.717) is 5.92 Å². The zero-order valence-corrected chi connectivity index (χ0v) is 15.0. The van der Waals surface area contributed by atoms with Crippen LogP contribution >= 0.6 is 11.3 Å². The van der Waals surface area contributed by atoms with Crippen LogP contribution in [-0.2, 0) is 19.7 Å². The van der Waals surface area contributed by atoms with Crippen LogP contribution in [0.2, 0.25) is 0 Å². The molecule has 2 saturated heterocycles. The lowest BCUT2D eigenvalue weighted by Gasteiger charge is -2.36. The quantitative estimate of drug-likeness (QED) is 0.812. The molecule has 2 atom stereocenters. The summed E-state index contributed by atoms with van der Waals surface area (Å²) < 4.78 is 50.1. The van der Waals surface area contributed by atoms with E-state index in [-0.39, 0.29) is 15.7 Å². The molecular formula is C14H21NO4S3. The minimum Gasteiger partial charge on any atom is -0.298 e. The molecule has 8 heteroatoms. The summed E-state index contributed by atoms with van der Waals surface area (Å²) in [5, 5.41) is 0.887. The Morgan fingerprint density at radius 3 is 2.50 bits per heavy atom. The number of hydrogen-bond acceptors (Lipinski definition) is 6. The molecule has 5 nitrogen and oxygen atoms in total. The van der Waals surface area contributed by atoms with Crippen molar-refractivity contribution in [3.8, 4) is 0 Å². The van der Waals surface area contributed by atoms with E-state index in [2.05, 4.69) is 11.8 Å². The maximum Gasteiger partial charge on any atom is 0.193 e. The third-order valence-corrected chi connectivity index (χ3v) is 10.3. The Morgan fingerprint density at radius 2 is 1.91 bits per heavy atom. The van der Waals surface area contributed by atoms with Crippen molar-refractivity contribution in [1.82, 2.24) is 4.90 Å². The van der Waals surface area contributed by atoms with Gasteiger partial charge >= 0.3 is 0 Å². The van der Waals surface area contributed by atoms with Crippen molar-refractivity contribution in [3.63, 3.8) is 0 Å². The Morgan fingerprint density at radius 1 is 1.23 bits per heavy atom. The topological polar surface area (TPSA) is 71.5 Å². The van der Waals surface area contributed by atoms with Gasteiger partial charge in [0.1, 0.15) is 4.21 Å². The molecule has 0 bridgehead atoms. The van der Waals surface area contributed by atoms with Crippen LogP contribution in [0.4, 0.5) is 0 Å². The molecule has 124 valence electrons. The van der Waals surface area contributed by atoms with Gasteiger partial charge in [0.15, 0.2) is 19.7 Å². The van der Waals surface area contributed by atoms with Crippen LogP contribution in [0, 0.1) is 5.92 Å². The van der Waals surface area contributed by atoms with Crippen LogP contribution < -0.4 is 0 Å². The van der Waals surface area contributed by atoms with E-state index in [1.54, 1.807) is 17.5 Å². The van der Waals surface area contributed by atoms with Gasteiger partial charge in [-0.1, -0.05) is 13.0 Å². The molecule has 1 aromatic rings. The number of likely N-dealkylation sites (tertiary alicyclic amines) is 1. The first-order valence-electron chi connectivity index (χ1n) is 7.51. The van der Waals surface area contributed by atoms with Crippen molar-refractivity contribution in [3.05, 3.63) is 17.5 Å². The standard InChI is InChI=1S/C14H21NO4S3/c1-11-4-6-15(7-5-11)12-9-21(16,17)10-13(12)22(18,19)14-3-2-8-20-14/h2-3,8,11-13H,4-7,9-10H2,1H3/t12-,13-/m0/s1. The van der Waals surface area contributed by atoms with E-state index < -0.39 is 31.0 Å². The Labute approximate surface area is 136 Å². The average Bonchev–Trinajstić information content (AvgIpc) is 3.07. The van der Waals surface area contributed by atoms with Gasteiger partial charge in [-0.25, -0.2) is 16.8 Å². The van der Waals surface area contributed by atoms with Gasteiger partial charge < -0.3 is 0 Å². The van der Waals surface area contributed by atoms with E-state index >= 15 is 0 Å². The highest BCUT2D eigenvalue weighted by molar-refractivity contribution is 7.97. The van der Waals surface area contributed by atoms with E-state index in [1.807, 2.05) is 0 Å². The van der Waals surface area contributed by atoms with Crippen molar-refractivity contribution >= 4 is 31.0 Å². The van der Waals surface area contributed by atoms with Crippen molar-refractivity contribution in [2.45, 2.75) is 35.3 Å². The molecule has 0 unspecified atom stereocenters. The van der Waals surface area contributed by atoms with E-state index in [1.165, 1.54) is 0 Å². The summed E-state index contributed by atoms with van der Waals surface area (Å²) in [4.78, 5) is 2.08. The average molecular weight is 364 g/mol. The van der Waals surface area contributed by atoms with Gasteiger partial charge in [-0.05, 0) is 43.3 Å². The van der Waals surface area contributed by atoms with Crippen molar-refractivity contribution < 1.29 is 16.8 Å². The zero-order chi connectivity index (χ0) is 16.0. The maximum absolute atomic E-state index is 12.8. The lowest BCUT2D eigenvalue weighted by Crippen LogP contribution is -2.49. The molecule has 0 radical (unpaired) electrons. The number of sulfone groups is 2. The van der Waals surface area contributed by atoms with Crippen molar-refractivity contribution in [2.75, 3.05) is 24.6 Å². The Hall–Kier alpha value is -0.440. The second-order valence-electron chi connectivity index (χ2n) is 6.38. The number of thiophene rings is 1. The van der Waals surface area contributed by atoms with Gasteiger partial charge in [0, 0.05) is 6.04 Å². The first-order chi connectivity index (χ1) is 10.3. The molecule has 22 heavy (non-hydrogen) atoms. The summed E-state index contributed by atoms with van der Waals surface area (Å²) in [7, 11) is -6.88. The summed E-state index contributed by atoms with van der Waals surface area (Å²) >= 11 is 1.16. The third kappa shape index (κ3) is 3.11. The van der Waals surface area contributed by atoms with Gasteiger partial charge in [-0.15, -0.1) is 11.3 Å². The molecule has 2 aliphatic rings. The van der Waals surface area contributed by atoms with E-state index in [9.17, 15) is 16.8 Å². The monoisotopic (exact) mass is 363 g/mol. The molecule has 3 rings (SSSR count). The SMILES string of the molecule is CC1CCN([C@H]2CS(=O)(=O)C[C@@H]2S(=O)(=O)c2cccs2)CC1. The van der Waals surface area contributed by atoms with Gasteiger partial charge in [-0.2, -0.15) is 0 Å². The molecule has 0 N–H and O–H groups in total. The number of nitrogens with zero attached hydrogens (tertiary/aromatic N) is 1. The summed E-state index contributed by atoms with van der Waals surface area (Å²) in [6.07, 6.45) is 2.00. The molecule has 0 aromatic carbocycles. The van der Waals surface area contributed by atoms with Crippen LogP contribution in [-0.4, -0.2) is 57.6 Å². The van der Waals surface area contributed by atoms with Crippen molar-refractivity contribution in [2.24, 2.45) is 5.92 Å². The fourth-order valence-electron chi connectivity index (χ4n) is 3.37.